The summed E-state index contributed by atoms with van der Waals surface area (Å²) in [5.74, 6) is 0.767. The van der Waals surface area contributed by atoms with Crippen molar-refractivity contribution in [2.24, 2.45) is 5.92 Å². The predicted octanol–water partition coefficient (Wildman–Crippen LogP) is 3.64. The zero-order valence-corrected chi connectivity index (χ0v) is 16.8. The fourth-order valence-electron chi connectivity index (χ4n) is 3.43. The van der Waals surface area contributed by atoms with E-state index in [1.54, 1.807) is 27.9 Å². The number of hydrogen-bond acceptors (Lipinski definition) is 3. The van der Waals surface area contributed by atoms with E-state index in [0.29, 0.717) is 18.9 Å². The number of halogens is 3. The smallest absolute Gasteiger partial charge is 0.334 e. The van der Waals surface area contributed by atoms with Crippen molar-refractivity contribution in [2.75, 3.05) is 27.2 Å². The van der Waals surface area contributed by atoms with Crippen LogP contribution < -0.4 is 0 Å². The first-order valence-corrected chi connectivity index (χ1v) is 9.84. The monoisotopic (exact) mass is 408 g/mol. The van der Waals surface area contributed by atoms with Gasteiger partial charge in [-0.3, -0.25) is 4.79 Å². The van der Waals surface area contributed by atoms with E-state index in [0.717, 1.165) is 31.9 Å². The molecule has 0 bridgehead atoms. The second kappa shape index (κ2) is 8.98. The summed E-state index contributed by atoms with van der Waals surface area (Å²) in [7, 11) is 3.89. The van der Waals surface area contributed by atoms with Crippen molar-refractivity contribution in [3.8, 4) is 0 Å². The fourth-order valence-corrected chi connectivity index (χ4v) is 3.43. The van der Waals surface area contributed by atoms with Crippen LogP contribution in [0, 0.1) is 5.92 Å². The van der Waals surface area contributed by atoms with Gasteiger partial charge in [0.05, 0.1) is 12.1 Å². The van der Waals surface area contributed by atoms with Crippen LogP contribution in [0.15, 0.2) is 36.7 Å². The minimum Gasteiger partial charge on any atom is -0.334 e. The number of amides is 1. The van der Waals surface area contributed by atoms with Gasteiger partial charge in [-0.1, -0.05) is 24.6 Å². The van der Waals surface area contributed by atoms with Crippen molar-refractivity contribution in [1.82, 2.24) is 19.4 Å². The Kier molecular flexibility index (Phi) is 6.62. The third-order valence-corrected chi connectivity index (χ3v) is 5.38. The molecule has 0 spiro atoms. The lowest BCUT2D eigenvalue weighted by molar-refractivity contribution is -0.139. The number of nitrogens with zero attached hydrogens (tertiary/aromatic N) is 4. The second-order valence-electron chi connectivity index (χ2n) is 7.82. The molecule has 0 saturated heterocycles. The zero-order valence-electron chi connectivity index (χ0n) is 16.8. The molecule has 29 heavy (non-hydrogen) atoms. The van der Waals surface area contributed by atoms with E-state index in [4.69, 9.17) is 0 Å². The Balaban J connectivity index is 1.78. The van der Waals surface area contributed by atoms with E-state index in [1.807, 2.05) is 19.0 Å². The molecule has 8 heteroatoms. The first-order chi connectivity index (χ1) is 13.8. The molecule has 1 aliphatic rings. The number of aromatic nitrogens is 2. The van der Waals surface area contributed by atoms with Gasteiger partial charge in [0.25, 0.3) is 0 Å². The molecule has 158 valence electrons. The lowest BCUT2D eigenvalue weighted by Crippen LogP contribution is -2.42. The Labute approximate surface area is 169 Å². The molecular weight excluding hydrogens is 381 g/mol. The summed E-state index contributed by atoms with van der Waals surface area (Å²) in [6, 6.07) is 5.57. The Morgan fingerprint density at radius 2 is 1.93 bits per heavy atom. The van der Waals surface area contributed by atoms with Crippen molar-refractivity contribution < 1.29 is 18.0 Å². The first kappa shape index (κ1) is 21.4. The number of alkyl halides is 3. The quantitative estimate of drug-likeness (QED) is 0.670. The van der Waals surface area contributed by atoms with Crippen LogP contribution in [0.2, 0.25) is 0 Å². The normalized spacial score (nSPS) is 14.8. The number of hydrogen-bond donors (Lipinski definition) is 0. The molecule has 0 aliphatic heterocycles. The molecule has 0 N–H and O–H groups in total. The topological polar surface area (TPSA) is 41.4 Å². The molecule has 1 heterocycles. The van der Waals surface area contributed by atoms with Gasteiger partial charge >= 0.3 is 6.18 Å². The Morgan fingerprint density at radius 3 is 2.55 bits per heavy atom. The summed E-state index contributed by atoms with van der Waals surface area (Å²) in [6.45, 7) is 1.64. The van der Waals surface area contributed by atoms with E-state index < -0.39 is 11.7 Å². The maximum Gasteiger partial charge on any atom is 0.416 e. The van der Waals surface area contributed by atoms with Gasteiger partial charge in [0.15, 0.2) is 0 Å². The number of imidazole rings is 1. The Morgan fingerprint density at radius 1 is 1.21 bits per heavy atom. The summed E-state index contributed by atoms with van der Waals surface area (Å²) >= 11 is 0. The lowest BCUT2D eigenvalue weighted by atomic mass is 9.84. The maximum absolute atomic E-state index is 13.3. The molecular formula is C21H27F3N4O. The van der Waals surface area contributed by atoms with E-state index in [-0.39, 0.29) is 23.9 Å². The number of carbonyl (C=O) groups excluding carboxylic acids is 1. The Bertz CT molecular complexity index is 827. The van der Waals surface area contributed by atoms with Crippen molar-refractivity contribution in [3.63, 3.8) is 0 Å². The molecule has 1 aromatic carbocycles. The summed E-state index contributed by atoms with van der Waals surface area (Å²) in [5.41, 5.74) is -0.459. The van der Waals surface area contributed by atoms with Gasteiger partial charge in [-0.15, -0.1) is 0 Å². The fraction of sp³-hybridized carbons (Fsp3) is 0.524. The molecule has 0 unspecified atom stereocenters. The number of likely N-dealkylation sites (N-methyl/N-ethyl adjacent to an activating group) is 1. The maximum atomic E-state index is 13.3. The number of carbonyl (C=O) groups is 1. The van der Waals surface area contributed by atoms with Crippen LogP contribution in [-0.2, 0) is 24.1 Å². The lowest BCUT2D eigenvalue weighted by Gasteiger charge is -2.32. The van der Waals surface area contributed by atoms with Gasteiger partial charge < -0.3 is 14.4 Å². The third-order valence-electron chi connectivity index (χ3n) is 5.38. The minimum absolute atomic E-state index is 0.0597. The first-order valence-electron chi connectivity index (χ1n) is 9.84. The van der Waals surface area contributed by atoms with Crippen molar-refractivity contribution in [3.05, 3.63) is 53.6 Å². The molecule has 1 aromatic heterocycles. The molecule has 2 aromatic rings. The summed E-state index contributed by atoms with van der Waals surface area (Å²) in [5, 5.41) is 0. The van der Waals surface area contributed by atoms with E-state index in [9.17, 15) is 18.0 Å². The average Bonchev–Trinajstić information content (AvgIpc) is 3.03. The van der Waals surface area contributed by atoms with Gasteiger partial charge in [-0.2, -0.15) is 13.2 Å². The highest BCUT2D eigenvalue weighted by Crippen LogP contribution is 2.32. The van der Waals surface area contributed by atoms with Crippen LogP contribution >= 0.6 is 0 Å². The zero-order chi connectivity index (χ0) is 21.0. The Hall–Kier alpha value is -2.35. The van der Waals surface area contributed by atoms with Gasteiger partial charge in [0.1, 0.15) is 5.82 Å². The highest BCUT2D eigenvalue weighted by atomic mass is 19.4. The van der Waals surface area contributed by atoms with E-state index in [1.165, 1.54) is 12.1 Å². The van der Waals surface area contributed by atoms with Crippen LogP contribution in [-0.4, -0.2) is 52.4 Å². The summed E-state index contributed by atoms with van der Waals surface area (Å²) in [4.78, 5) is 21.0. The standard InChI is InChI=1S/C21H27F3N4O/c1-26(2)12-13-28(20(29)16-7-5-8-16)15-19-25-10-11-27(19)14-17-6-3-4-9-18(17)21(22,23)24/h3-4,6,9-11,16H,5,7-8,12-15H2,1-2H3. The van der Waals surface area contributed by atoms with Crippen molar-refractivity contribution in [2.45, 2.75) is 38.5 Å². The van der Waals surface area contributed by atoms with Crippen LogP contribution in [0.3, 0.4) is 0 Å². The third kappa shape index (κ3) is 5.38. The highest BCUT2D eigenvalue weighted by Gasteiger charge is 2.33. The van der Waals surface area contributed by atoms with Gasteiger partial charge in [-0.25, -0.2) is 4.98 Å². The molecule has 5 nitrogen and oxygen atoms in total. The van der Waals surface area contributed by atoms with Gasteiger partial charge in [0, 0.05) is 37.9 Å². The molecule has 1 saturated carbocycles. The van der Waals surface area contributed by atoms with Crippen LogP contribution in [0.4, 0.5) is 13.2 Å². The number of benzene rings is 1. The van der Waals surface area contributed by atoms with Crippen molar-refractivity contribution >= 4 is 5.91 Å². The minimum atomic E-state index is -4.41. The van der Waals surface area contributed by atoms with Gasteiger partial charge in [-0.05, 0) is 38.6 Å². The van der Waals surface area contributed by atoms with Crippen LogP contribution in [0.25, 0.3) is 0 Å². The molecule has 1 aliphatic carbocycles. The average molecular weight is 408 g/mol. The van der Waals surface area contributed by atoms with Crippen LogP contribution in [0.5, 0.6) is 0 Å². The van der Waals surface area contributed by atoms with Crippen LogP contribution in [0.1, 0.15) is 36.2 Å². The molecule has 3 rings (SSSR count). The second-order valence-corrected chi connectivity index (χ2v) is 7.82. The molecule has 0 atom stereocenters. The van der Waals surface area contributed by atoms with E-state index >= 15 is 0 Å². The molecule has 1 fully saturated rings. The molecule has 1 amide bonds. The van der Waals surface area contributed by atoms with E-state index in [2.05, 4.69) is 4.98 Å². The largest absolute Gasteiger partial charge is 0.416 e. The van der Waals surface area contributed by atoms with Crippen molar-refractivity contribution in [1.29, 1.82) is 0 Å². The SMILES string of the molecule is CN(C)CCN(Cc1nccn1Cc1ccccc1C(F)(F)F)C(=O)C1CCC1. The summed E-state index contributed by atoms with van der Waals surface area (Å²) in [6.07, 6.45) is 1.72. The summed E-state index contributed by atoms with van der Waals surface area (Å²) < 4.78 is 41.7. The predicted molar refractivity (Wildman–Crippen MR) is 104 cm³/mol. The highest BCUT2D eigenvalue weighted by molar-refractivity contribution is 5.79. The number of rotatable bonds is 8. The van der Waals surface area contributed by atoms with Gasteiger partial charge in [0.2, 0.25) is 5.91 Å². The molecule has 0 radical (unpaired) electrons.